The molecule has 1 aromatic carbocycles. The molecule has 0 atom stereocenters. The van der Waals surface area contributed by atoms with Gasteiger partial charge in [0.25, 0.3) is 0 Å². The lowest BCUT2D eigenvalue weighted by atomic mass is 9.72. The predicted octanol–water partition coefficient (Wildman–Crippen LogP) is 4.37. The van der Waals surface area contributed by atoms with Gasteiger partial charge in [-0.1, -0.05) is 58.9 Å². The van der Waals surface area contributed by atoms with Crippen LogP contribution in [0.2, 0.25) is 0 Å². The van der Waals surface area contributed by atoms with Gasteiger partial charge in [-0.05, 0) is 28.4 Å². The number of benzene rings is 1. The maximum Gasteiger partial charge on any atom is 0.145 e. The van der Waals surface area contributed by atoms with Gasteiger partial charge in [-0.3, -0.25) is 5.10 Å². The highest BCUT2D eigenvalue weighted by Crippen LogP contribution is 2.36. The van der Waals surface area contributed by atoms with E-state index in [-0.39, 0.29) is 5.41 Å². The zero-order valence-electron chi connectivity index (χ0n) is 13.1. The fourth-order valence-electron chi connectivity index (χ4n) is 3.01. The minimum Gasteiger partial charge on any atom is -0.382 e. The van der Waals surface area contributed by atoms with Crippen molar-refractivity contribution >= 4 is 5.82 Å². The van der Waals surface area contributed by atoms with E-state index in [0.29, 0.717) is 11.2 Å². The van der Waals surface area contributed by atoms with E-state index >= 15 is 0 Å². The molecule has 0 spiro atoms. The molecular weight excluding hydrogens is 246 g/mol. The minimum absolute atomic E-state index is 0.170. The highest BCUT2D eigenvalue weighted by atomic mass is 15.2. The Morgan fingerprint density at radius 1 is 1.05 bits per heavy atom. The average Bonchev–Trinajstić information content (AvgIpc) is 2.73. The van der Waals surface area contributed by atoms with Gasteiger partial charge < -0.3 is 5.73 Å². The monoisotopic (exact) mass is 271 g/mol. The van der Waals surface area contributed by atoms with E-state index in [1.165, 1.54) is 5.56 Å². The van der Waals surface area contributed by atoms with Crippen LogP contribution in [0.5, 0.6) is 0 Å². The van der Waals surface area contributed by atoms with Crippen LogP contribution in [-0.4, -0.2) is 10.2 Å². The van der Waals surface area contributed by atoms with Crippen molar-refractivity contribution in [3.63, 3.8) is 0 Å². The summed E-state index contributed by atoms with van der Waals surface area (Å²) in [6.45, 7) is 11.5. The van der Waals surface area contributed by atoms with E-state index in [9.17, 15) is 0 Å². The number of aromatic amines is 1. The van der Waals surface area contributed by atoms with Gasteiger partial charge in [-0.2, -0.15) is 5.10 Å². The molecule has 20 heavy (non-hydrogen) atoms. The fraction of sp³-hybridized carbons (Fsp3) is 0.471. The molecule has 0 fully saturated rings. The molecule has 3 nitrogen and oxygen atoms in total. The zero-order valence-corrected chi connectivity index (χ0v) is 13.1. The summed E-state index contributed by atoms with van der Waals surface area (Å²) in [6.07, 6.45) is 1.15. The summed E-state index contributed by atoms with van der Waals surface area (Å²) in [6, 6.07) is 10.5. The molecule has 1 heterocycles. The van der Waals surface area contributed by atoms with E-state index in [1.807, 2.05) is 6.07 Å². The Balaban J connectivity index is 2.24. The van der Waals surface area contributed by atoms with Crippen LogP contribution in [0.4, 0.5) is 5.82 Å². The first kappa shape index (κ1) is 14.6. The molecule has 0 aliphatic carbocycles. The summed E-state index contributed by atoms with van der Waals surface area (Å²) >= 11 is 0. The van der Waals surface area contributed by atoms with Crippen molar-refractivity contribution in [1.82, 2.24) is 10.2 Å². The van der Waals surface area contributed by atoms with E-state index in [0.717, 1.165) is 17.7 Å². The molecule has 1 aromatic heterocycles. The molecule has 0 saturated carbocycles. The standard InChI is InChI=1S/C17H25N3/c1-16(2,3)11-17(4,5)13-8-6-12(7-9-13)14-10-15(18)20-19-14/h6-10H,11H2,1-5H3,(H3,18,19,20). The Morgan fingerprint density at radius 2 is 1.65 bits per heavy atom. The second-order valence-electron chi connectivity index (χ2n) is 7.41. The number of nitrogen functional groups attached to an aromatic ring is 1. The lowest BCUT2D eigenvalue weighted by molar-refractivity contribution is 0.284. The second kappa shape index (κ2) is 4.97. The summed E-state index contributed by atoms with van der Waals surface area (Å²) in [5.74, 6) is 0.525. The van der Waals surface area contributed by atoms with Crippen molar-refractivity contribution in [1.29, 1.82) is 0 Å². The summed E-state index contributed by atoms with van der Waals surface area (Å²) in [4.78, 5) is 0. The third kappa shape index (κ3) is 3.41. The number of hydrogen-bond donors (Lipinski definition) is 2. The van der Waals surface area contributed by atoms with Gasteiger partial charge in [0, 0.05) is 6.07 Å². The van der Waals surface area contributed by atoms with Gasteiger partial charge in [0.15, 0.2) is 0 Å². The molecule has 0 radical (unpaired) electrons. The molecule has 3 heteroatoms. The number of H-pyrrole nitrogens is 1. The summed E-state index contributed by atoms with van der Waals surface area (Å²) in [5, 5.41) is 6.91. The summed E-state index contributed by atoms with van der Waals surface area (Å²) in [5.41, 5.74) is 9.57. The number of anilines is 1. The number of hydrogen-bond acceptors (Lipinski definition) is 2. The first-order valence-electron chi connectivity index (χ1n) is 7.09. The molecule has 0 bridgehead atoms. The topological polar surface area (TPSA) is 54.7 Å². The lowest BCUT2D eigenvalue weighted by Crippen LogP contribution is -2.24. The first-order valence-corrected chi connectivity index (χ1v) is 7.09. The molecule has 108 valence electrons. The van der Waals surface area contributed by atoms with Crippen LogP contribution < -0.4 is 5.73 Å². The Kier molecular flexibility index (Phi) is 3.63. The molecule has 0 aliphatic rings. The lowest BCUT2D eigenvalue weighted by Gasteiger charge is -2.33. The van der Waals surface area contributed by atoms with E-state index < -0.39 is 0 Å². The summed E-state index contributed by atoms with van der Waals surface area (Å²) < 4.78 is 0. The summed E-state index contributed by atoms with van der Waals surface area (Å²) in [7, 11) is 0. The fourth-order valence-corrected chi connectivity index (χ4v) is 3.01. The highest BCUT2D eigenvalue weighted by Gasteiger charge is 2.27. The van der Waals surface area contributed by atoms with Gasteiger partial charge in [-0.25, -0.2) is 0 Å². The smallest absolute Gasteiger partial charge is 0.145 e. The van der Waals surface area contributed by atoms with Gasteiger partial charge in [0.05, 0.1) is 5.69 Å². The molecule has 2 rings (SSSR count). The van der Waals surface area contributed by atoms with Gasteiger partial charge in [0.1, 0.15) is 5.82 Å². The van der Waals surface area contributed by atoms with Gasteiger partial charge in [0.2, 0.25) is 0 Å². The highest BCUT2D eigenvalue weighted by molar-refractivity contribution is 5.62. The molecule has 0 aliphatic heterocycles. The maximum absolute atomic E-state index is 5.64. The van der Waals surface area contributed by atoms with Gasteiger partial charge in [-0.15, -0.1) is 0 Å². The van der Waals surface area contributed by atoms with Crippen molar-refractivity contribution in [3.05, 3.63) is 35.9 Å². The van der Waals surface area contributed by atoms with Crippen LogP contribution >= 0.6 is 0 Å². The third-order valence-electron chi connectivity index (χ3n) is 3.55. The Bertz CT molecular complexity index is 571. The Morgan fingerprint density at radius 3 is 2.10 bits per heavy atom. The van der Waals surface area contributed by atoms with Crippen molar-refractivity contribution in [2.75, 3.05) is 5.73 Å². The number of aromatic nitrogens is 2. The zero-order chi connectivity index (χ0) is 15.0. The predicted molar refractivity (Wildman–Crippen MR) is 85.5 cm³/mol. The van der Waals surface area contributed by atoms with Crippen molar-refractivity contribution in [2.45, 2.75) is 46.5 Å². The molecular formula is C17H25N3. The molecule has 0 amide bonds. The van der Waals surface area contributed by atoms with Crippen LogP contribution in [0.15, 0.2) is 30.3 Å². The number of nitrogens with zero attached hydrogens (tertiary/aromatic N) is 1. The SMILES string of the molecule is CC(C)(C)CC(C)(C)c1ccc(-c2cc(N)n[nH]2)cc1. The van der Waals surface area contributed by atoms with Crippen LogP contribution in [0.1, 0.15) is 46.6 Å². The second-order valence-corrected chi connectivity index (χ2v) is 7.41. The van der Waals surface area contributed by atoms with Crippen LogP contribution in [-0.2, 0) is 5.41 Å². The average molecular weight is 271 g/mol. The van der Waals surface area contributed by atoms with Crippen molar-refractivity contribution in [2.24, 2.45) is 5.41 Å². The Hall–Kier alpha value is -1.77. The van der Waals surface area contributed by atoms with Crippen LogP contribution in [0.3, 0.4) is 0 Å². The molecule has 0 saturated heterocycles. The normalized spacial score (nSPS) is 12.7. The maximum atomic E-state index is 5.64. The number of nitrogens with two attached hydrogens (primary N) is 1. The molecule has 3 N–H and O–H groups in total. The van der Waals surface area contributed by atoms with E-state index in [2.05, 4.69) is 69.1 Å². The minimum atomic E-state index is 0.170. The van der Waals surface area contributed by atoms with Crippen LogP contribution in [0, 0.1) is 5.41 Å². The quantitative estimate of drug-likeness (QED) is 0.870. The molecule has 2 aromatic rings. The van der Waals surface area contributed by atoms with Crippen LogP contribution in [0.25, 0.3) is 11.3 Å². The third-order valence-corrected chi connectivity index (χ3v) is 3.55. The van der Waals surface area contributed by atoms with Gasteiger partial charge >= 0.3 is 0 Å². The van der Waals surface area contributed by atoms with Crippen molar-refractivity contribution in [3.8, 4) is 11.3 Å². The number of nitrogens with one attached hydrogen (secondary N) is 1. The Labute approximate surface area is 121 Å². The van der Waals surface area contributed by atoms with E-state index in [1.54, 1.807) is 0 Å². The number of rotatable bonds is 3. The first-order chi connectivity index (χ1) is 9.17. The van der Waals surface area contributed by atoms with Crippen molar-refractivity contribution < 1.29 is 0 Å². The largest absolute Gasteiger partial charge is 0.382 e. The molecule has 0 unspecified atom stereocenters. The van der Waals surface area contributed by atoms with E-state index in [4.69, 9.17) is 5.73 Å².